The first-order valence-corrected chi connectivity index (χ1v) is 9.13. The van der Waals surface area contributed by atoms with Crippen LogP contribution < -0.4 is 15.0 Å². The number of carbonyl (C=O) groups excluding carboxylic acids is 1. The number of hydrogen-bond donors (Lipinski definition) is 2. The Kier molecular flexibility index (Phi) is 5.54. The molecule has 2 aliphatic rings. The van der Waals surface area contributed by atoms with Gasteiger partial charge in [0.1, 0.15) is 5.75 Å². The first kappa shape index (κ1) is 18.4. The normalized spacial score (nSPS) is 25.8. The van der Waals surface area contributed by atoms with E-state index in [1.165, 1.54) is 0 Å². The minimum atomic E-state index is -0.820. The summed E-state index contributed by atoms with van der Waals surface area (Å²) >= 11 is 0. The van der Waals surface area contributed by atoms with Gasteiger partial charge < -0.3 is 25.0 Å². The summed E-state index contributed by atoms with van der Waals surface area (Å²) in [4.78, 5) is 27.8. The number of urea groups is 1. The predicted octanol–water partition coefficient (Wildman–Crippen LogP) is 2.03. The zero-order valence-electron chi connectivity index (χ0n) is 15.4. The molecule has 2 N–H and O–H groups in total. The second-order valence-corrected chi connectivity index (χ2v) is 7.36. The molecule has 1 aromatic carbocycles. The van der Waals surface area contributed by atoms with Crippen LogP contribution in [0.3, 0.4) is 0 Å². The molecule has 142 valence electrons. The molecule has 0 bridgehead atoms. The average molecular weight is 361 g/mol. The van der Waals surface area contributed by atoms with Crippen LogP contribution in [0.4, 0.5) is 10.5 Å². The van der Waals surface area contributed by atoms with E-state index in [0.29, 0.717) is 13.0 Å². The van der Waals surface area contributed by atoms with E-state index in [1.807, 2.05) is 31.2 Å². The quantitative estimate of drug-likeness (QED) is 0.857. The van der Waals surface area contributed by atoms with Crippen LogP contribution in [0, 0.1) is 11.8 Å². The summed E-state index contributed by atoms with van der Waals surface area (Å²) in [6.07, 6.45) is 1.50. The van der Waals surface area contributed by atoms with Crippen molar-refractivity contribution in [2.45, 2.75) is 25.8 Å². The first-order chi connectivity index (χ1) is 12.5. The smallest absolute Gasteiger partial charge is 0.317 e. The Morgan fingerprint density at radius 2 is 2.08 bits per heavy atom. The van der Waals surface area contributed by atoms with E-state index in [1.54, 1.807) is 12.0 Å². The van der Waals surface area contributed by atoms with Crippen molar-refractivity contribution in [3.63, 3.8) is 0 Å². The van der Waals surface area contributed by atoms with Gasteiger partial charge in [-0.3, -0.25) is 4.79 Å². The summed E-state index contributed by atoms with van der Waals surface area (Å²) in [5.41, 5.74) is 1.08. The number of benzene rings is 1. The molecule has 2 amide bonds. The van der Waals surface area contributed by atoms with Crippen molar-refractivity contribution in [2.75, 3.05) is 38.2 Å². The maximum absolute atomic E-state index is 12.6. The molecule has 0 saturated carbocycles. The summed E-state index contributed by atoms with van der Waals surface area (Å²) < 4.78 is 5.27. The van der Waals surface area contributed by atoms with Crippen molar-refractivity contribution in [1.82, 2.24) is 10.2 Å². The van der Waals surface area contributed by atoms with E-state index in [9.17, 15) is 14.7 Å². The van der Waals surface area contributed by atoms with Crippen molar-refractivity contribution in [2.24, 2.45) is 11.8 Å². The van der Waals surface area contributed by atoms with Crippen LogP contribution in [0.1, 0.15) is 19.8 Å². The van der Waals surface area contributed by atoms with E-state index in [0.717, 1.165) is 30.9 Å². The molecule has 1 aromatic rings. The summed E-state index contributed by atoms with van der Waals surface area (Å²) in [5.74, 6) is -0.273. The average Bonchev–Trinajstić information content (AvgIpc) is 3.09. The number of piperidine rings is 1. The van der Waals surface area contributed by atoms with Gasteiger partial charge in [-0.15, -0.1) is 0 Å². The molecule has 26 heavy (non-hydrogen) atoms. The van der Waals surface area contributed by atoms with Crippen LogP contribution >= 0.6 is 0 Å². The van der Waals surface area contributed by atoms with E-state index in [-0.39, 0.29) is 24.5 Å². The molecule has 2 heterocycles. The number of carboxylic acids is 1. The predicted molar refractivity (Wildman–Crippen MR) is 98.6 cm³/mol. The molecule has 0 aliphatic carbocycles. The van der Waals surface area contributed by atoms with Gasteiger partial charge in [0.25, 0.3) is 0 Å². The second-order valence-electron chi connectivity index (χ2n) is 7.36. The SMILES string of the molecule is COc1cccc(N2CCC(NC(=O)N3CC(C)CC(C(=O)O)C3)C2)c1. The van der Waals surface area contributed by atoms with Gasteiger partial charge >= 0.3 is 12.0 Å². The standard InChI is InChI=1S/C19H27N3O4/c1-13-8-14(18(23)24)11-22(10-13)19(25)20-15-6-7-21(12-15)16-4-3-5-17(9-16)26-2/h3-5,9,13-15H,6-8,10-12H2,1-2H3,(H,20,25)(H,23,24). The minimum Gasteiger partial charge on any atom is -0.497 e. The topological polar surface area (TPSA) is 82.1 Å². The number of amides is 2. The lowest BCUT2D eigenvalue weighted by Crippen LogP contribution is -2.52. The summed E-state index contributed by atoms with van der Waals surface area (Å²) in [6, 6.07) is 7.82. The van der Waals surface area contributed by atoms with Gasteiger partial charge in [-0.05, 0) is 30.9 Å². The maximum Gasteiger partial charge on any atom is 0.317 e. The fourth-order valence-electron chi connectivity index (χ4n) is 3.88. The molecule has 0 spiro atoms. The van der Waals surface area contributed by atoms with Gasteiger partial charge in [0, 0.05) is 44.0 Å². The summed E-state index contributed by atoms with van der Waals surface area (Å²) in [6.45, 7) is 4.51. The lowest BCUT2D eigenvalue weighted by atomic mass is 9.91. The Bertz CT molecular complexity index is 666. The zero-order valence-corrected chi connectivity index (χ0v) is 15.4. The molecule has 2 aliphatic heterocycles. The second kappa shape index (κ2) is 7.85. The van der Waals surface area contributed by atoms with Crippen LogP contribution in [0.25, 0.3) is 0 Å². The molecule has 0 aromatic heterocycles. The number of nitrogens with one attached hydrogen (secondary N) is 1. The number of nitrogens with zero attached hydrogens (tertiary/aromatic N) is 2. The Hall–Kier alpha value is -2.44. The highest BCUT2D eigenvalue weighted by Gasteiger charge is 2.33. The number of methoxy groups -OCH3 is 1. The molecule has 3 atom stereocenters. The Labute approximate surface area is 153 Å². The van der Waals surface area contributed by atoms with Crippen LogP contribution in [-0.4, -0.2) is 61.3 Å². The minimum absolute atomic E-state index is 0.0641. The van der Waals surface area contributed by atoms with Crippen LogP contribution in [0.15, 0.2) is 24.3 Å². The summed E-state index contributed by atoms with van der Waals surface area (Å²) in [5, 5.41) is 12.3. The Morgan fingerprint density at radius 1 is 1.27 bits per heavy atom. The van der Waals surface area contributed by atoms with Gasteiger partial charge in [-0.25, -0.2) is 4.79 Å². The highest BCUT2D eigenvalue weighted by atomic mass is 16.5. The fourth-order valence-corrected chi connectivity index (χ4v) is 3.88. The van der Waals surface area contributed by atoms with Gasteiger partial charge in [0.05, 0.1) is 13.0 Å². The van der Waals surface area contributed by atoms with E-state index >= 15 is 0 Å². The maximum atomic E-state index is 12.6. The molecule has 7 nitrogen and oxygen atoms in total. The van der Waals surface area contributed by atoms with Crippen molar-refractivity contribution < 1.29 is 19.4 Å². The van der Waals surface area contributed by atoms with E-state index in [4.69, 9.17) is 4.74 Å². The zero-order chi connectivity index (χ0) is 18.7. The lowest BCUT2D eigenvalue weighted by molar-refractivity contribution is -0.143. The number of rotatable bonds is 4. The van der Waals surface area contributed by atoms with Gasteiger partial charge in [0.2, 0.25) is 0 Å². The third kappa shape index (κ3) is 4.20. The number of aliphatic carboxylic acids is 1. The van der Waals surface area contributed by atoms with E-state index in [2.05, 4.69) is 10.2 Å². The van der Waals surface area contributed by atoms with Gasteiger partial charge in [-0.1, -0.05) is 13.0 Å². The number of anilines is 1. The number of likely N-dealkylation sites (tertiary alicyclic amines) is 1. The van der Waals surface area contributed by atoms with Crippen LogP contribution in [0.2, 0.25) is 0 Å². The van der Waals surface area contributed by atoms with E-state index < -0.39 is 11.9 Å². The van der Waals surface area contributed by atoms with Crippen molar-refractivity contribution in [3.05, 3.63) is 24.3 Å². The highest BCUT2D eigenvalue weighted by molar-refractivity contribution is 5.77. The molecular weight excluding hydrogens is 334 g/mol. The third-order valence-electron chi connectivity index (χ3n) is 5.23. The number of ether oxygens (including phenoxy) is 1. The molecular formula is C19H27N3O4. The van der Waals surface area contributed by atoms with Crippen LogP contribution in [-0.2, 0) is 4.79 Å². The van der Waals surface area contributed by atoms with Crippen molar-refractivity contribution in [1.29, 1.82) is 0 Å². The largest absolute Gasteiger partial charge is 0.497 e. The monoisotopic (exact) mass is 361 g/mol. The van der Waals surface area contributed by atoms with Crippen LogP contribution in [0.5, 0.6) is 5.75 Å². The molecule has 3 unspecified atom stereocenters. The molecule has 7 heteroatoms. The number of hydrogen-bond acceptors (Lipinski definition) is 4. The Balaban J connectivity index is 1.56. The van der Waals surface area contributed by atoms with Crippen molar-refractivity contribution >= 4 is 17.7 Å². The highest BCUT2D eigenvalue weighted by Crippen LogP contribution is 2.25. The van der Waals surface area contributed by atoms with Gasteiger partial charge in [0.15, 0.2) is 0 Å². The number of carboxylic acid groups (broad SMARTS) is 1. The molecule has 2 saturated heterocycles. The Morgan fingerprint density at radius 3 is 2.81 bits per heavy atom. The fraction of sp³-hybridized carbons (Fsp3) is 0.579. The lowest BCUT2D eigenvalue weighted by Gasteiger charge is -2.35. The molecule has 2 fully saturated rings. The van der Waals surface area contributed by atoms with Gasteiger partial charge in [-0.2, -0.15) is 0 Å². The van der Waals surface area contributed by atoms with Crippen molar-refractivity contribution in [3.8, 4) is 5.75 Å². The molecule has 0 radical (unpaired) electrons. The summed E-state index contributed by atoms with van der Waals surface area (Å²) in [7, 11) is 1.65. The molecule has 3 rings (SSSR count). The third-order valence-corrected chi connectivity index (χ3v) is 5.23. The first-order valence-electron chi connectivity index (χ1n) is 9.13. The number of carbonyl (C=O) groups is 2.